The van der Waals surface area contributed by atoms with Gasteiger partial charge in [-0.1, -0.05) is 46.3 Å². The first-order valence-corrected chi connectivity index (χ1v) is 5.75. The number of nitrogens with two attached hydrogens (primary N) is 1. The third-order valence-corrected chi connectivity index (χ3v) is 2.63. The van der Waals surface area contributed by atoms with Gasteiger partial charge in [0.1, 0.15) is 0 Å². The average Bonchev–Trinajstić information content (AvgIpc) is 2.18. The first-order chi connectivity index (χ1) is 6.74. The van der Waals surface area contributed by atoms with E-state index in [1.807, 2.05) is 30.3 Å². The topological polar surface area (TPSA) is 43.1 Å². The second-order valence-electron chi connectivity index (χ2n) is 3.26. The minimum absolute atomic E-state index is 0.236. The molecule has 0 saturated heterocycles. The summed E-state index contributed by atoms with van der Waals surface area (Å²) in [6.45, 7) is 0. The van der Waals surface area contributed by atoms with Crippen molar-refractivity contribution in [1.29, 1.82) is 0 Å². The fraction of sp³-hybridized carbons (Fsp3) is 0.364. The predicted octanol–water partition coefficient (Wildman–Crippen LogP) is 2.43. The maximum absolute atomic E-state index is 10.9. The van der Waals surface area contributed by atoms with Crippen LogP contribution < -0.4 is 5.73 Å². The molecule has 0 fully saturated rings. The van der Waals surface area contributed by atoms with Crippen LogP contribution in [0.3, 0.4) is 0 Å². The third-order valence-electron chi connectivity index (χ3n) is 2.18. The fourth-order valence-electron chi connectivity index (χ4n) is 1.49. The fourth-order valence-corrected chi connectivity index (χ4v) is 2.04. The second-order valence-corrected chi connectivity index (χ2v) is 4.05. The molecule has 14 heavy (non-hydrogen) atoms. The van der Waals surface area contributed by atoms with Crippen LogP contribution in [0.4, 0.5) is 0 Å². The zero-order chi connectivity index (χ0) is 10.4. The number of alkyl halides is 1. The van der Waals surface area contributed by atoms with Crippen LogP contribution in [0.25, 0.3) is 0 Å². The van der Waals surface area contributed by atoms with E-state index < -0.39 is 0 Å². The Labute approximate surface area is 92.6 Å². The summed E-state index contributed by atoms with van der Waals surface area (Å²) in [6.07, 6.45) is 1.36. The molecule has 0 heterocycles. The normalized spacial score (nSPS) is 12.4. The second kappa shape index (κ2) is 5.81. The SMILES string of the molecule is NC(=O)CC(CCBr)c1ccccc1. The predicted molar refractivity (Wildman–Crippen MR) is 61.4 cm³/mol. The van der Waals surface area contributed by atoms with Gasteiger partial charge in [-0.15, -0.1) is 0 Å². The van der Waals surface area contributed by atoms with Crippen molar-refractivity contribution in [1.82, 2.24) is 0 Å². The maximum Gasteiger partial charge on any atom is 0.218 e. The largest absolute Gasteiger partial charge is 0.370 e. The van der Waals surface area contributed by atoms with Gasteiger partial charge in [-0.3, -0.25) is 4.79 Å². The lowest BCUT2D eigenvalue weighted by Gasteiger charge is -2.13. The Kier molecular flexibility index (Phi) is 4.66. The maximum atomic E-state index is 10.9. The summed E-state index contributed by atoms with van der Waals surface area (Å²) in [5, 5.41) is 0.889. The molecule has 2 nitrogen and oxygen atoms in total. The molecule has 0 spiro atoms. The molecule has 1 unspecified atom stereocenters. The number of hydrogen-bond acceptors (Lipinski definition) is 1. The molecule has 1 aromatic carbocycles. The molecule has 0 aliphatic rings. The summed E-state index contributed by atoms with van der Waals surface area (Å²) in [5.41, 5.74) is 6.39. The van der Waals surface area contributed by atoms with Crippen LogP contribution in [-0.4, -0.2) is 11.2 Å². The average molecular weight is 256 g/mol. The van der Waals surface area contributed by atoms with Crippen LogP contribution in [0.15, 0.2) is 30.3 Å². The van der Waals surface area contributed by atoms with E-state index in [0.717, 1.165) is 11.8 Å². The molecule has 3 heteroatoms. The van der Waals surface area contributed by atoms with Crippen molar-refractivity contribution in [2.45, 2.75) is 18.8 Å². The van der Waals surface area contributed by atoms with Crippen molar-refractivity contribution in [3.05, 3.63) is 35.9 Å². The zero-order valence-electron chi connectivity index (χ0n) is 7.95. The highest BCUT2D eigenvalue weighted by atomic mass is 79.9. The Morgan fingerprint density at radius 1 is 1.36 bits per heavy atom. The van der Waals surface area contributed by atoms with E-state index >= 15 is 0 Å². The molecule has 0 saturated carbocycles. The van der Waals surface area contributed by atoms with E-state index in [1.165, 1.54) is 5.56 Å². The Balaban J connectivity index is 2.72. The van der Waals surface area contributed by atoms with Crippen molar-refractivity contribution in [2.24, 2.45) is 5.73 Å². The number of hydrogen-bond donors (Lipinski definition) is 1. The number of amides is 1. The van der Waals surface area contributed by atoms with Crippen LogP contribution >= 0.6 is 15.9 Å². The summed E-state index contributed by atoms with van der Waals surface area (Å²) in [4.78, 5) is 10.9. The van der Waals surface area contributed by atoms with Gasteiger partial charge in [0.15, 0.2) is 0 Å². The molecule has 0 aromatic heterocycles. The number of primary amides is 1. The lowest BCUT2D eigenvalue weighted by atomic mass is 9.93. The molecule has 2 N–H and O–H groups in total. The third kappa shape index (κ3) is 3.50. The van der Waals surface area contributed by atoms with Crippen molar-refractivity contribution in [2.75, 3.05) is 5.33 Å². The van der Waals surface area contributed by atoms with Gasteiger partial charge in [0.2, 0.25) is 5.91 Å². The molecule has 76 valence electrons. The molecule has 1 amide bonds. The first-order valence-electron chi connectivity index (χ1n) is 4.63. The van der Waals surface area contributed by atoms with E-state index in [2.05, 4.69) is 15.9 Å². The lowest BCUT2D eigenvalue weighted by Crippen LogP contribution is -2.15. The number of carbonyl (C=O) groups is 1. The quantitative estimate of drug-likeness (QED) is 0.808. The van der Waals surface area contributed by atoms with Crippen molar-refractivity contribution in [3.8, 4) is 0 Å². The number of halogens is 1. The summed E-state index contributed by atoms with van der Waals surface area (Å²) >= 11 is 3.39. The lowest BCUT2D eigenvalue weighted by molar-refractivity contribution is -0.118. The van der Waals surface area contributed by atoms with Gasteiger partial charge in [-0.2, -0.15) is 0 Å². The number of carbonyl (C=O) groups excluding carboxylic acids is 1. The zero-order valence-corrected chi connectivity index (χ0v) is 9.53. The van der Waals surface area contributed by atoms with Crippen LogP contribution in [0, 0.1) is 0 Å². The minimum Gasteiger partial charge on any atom is -0.370 e. The summed E-state index contributed by atoms with van der Waals surface area (Å²) in [7, 11) is 0. The summed E-state index contributed by atoms with van der Waals surface area (Å²) in [6, 6.07) is 10.0. The highest BCUT2D eigenvalue weighted by Crippen LogP contribution is 2.23. The van der Waals surface area contributed by atoms with Crippen molar-refractivity contribution >= 4 is 21.8 Å². The van der Waals surface area contributed by atoms with E-state index in [4.69, 9.17) is 5.73 Å². The summed E-state index contributed by atoms with van der Waals surface area (Å²) in [5.74, 6) is 0.00729. The summed E-state index contributed by atoms with van der Waals surface area (Å²) < 4.78 is 0. The van der Waals surface area contributed by atoms with Crippen molar-refractivity contribution < 1.29 is 4.79 Å². The Hall–Kier alpha value is -0.830. The Morgan fingerprint density at radius 3 is 2.50 bits per heavy atom. The minimum atomic E-state index is -0.236. The van der Waals surface area contributed by atoms with Crippen LogP contribution in [0.2, 0.25) is 0 Å². The van der Waals surface area contributed by atoms with Crippen LogP contribution in [0.5, 0.6) is 0 Å². The van der Waals surface area contributed by atoms with Crippen LogP contribution in [0.1, 0.15) is 24.3 Å². The highest BCUT2D eigenvalue weighted by Gasteiger charge is 2.12. The smallest absolute Gasteiger partial charge is 0.218 e. The van der Waals surface area contributed by atoms with Gasteiger partial charge in [-0.25, -0.2) is 0 Å². The number of benzene rings is 1. The molecule has 0 aliphatic carbocycles. The standard InChI is InChI=1S/C11H14BrNO/c12-7-6-10(8-11(13)14)9-4-2-1-3-5-9/h1-5,10H,6-8H2,(H2,13,14). The molecule has 0 radical (unpaired) electrons. The molecular weight excluding hydrogens is 242 g/mol. The van der Waals surface area contributed by atoms with E-state index in [1.54, 1.807) is 0 Å². The van der Waals surface area contributed by atoms with E-state index in [-0.39, 0.29) is 11.8 Å². The van der Waals surface area contributed by atoms with Gasteiger partial charge in [0, 0.05) is 11.8 Å². The highest BCUT2D eigenvalue weighted by molar-refractivity contribution is 9.09. The molecule has 0 bridgehead atoms. The number of rotatable bonds is 5. The van der Waals surface area contributed by atoms with Gasteiger partial charge < -0.3 is 5.73 Å². The van der Waals surface area contributed by atoms with Gasteiger partial charge >= 0.3 is 0 Å². The molecule has 0 aliphatic heterocycles. The Bertz CT molecular complexity index is 287. The molecule has 1 aromatic rings. The molecule has 1 atom stereocenters. The molecular formula is C11H14BrNO. The molecule has 1 rings (SSSR count). The van der Waals surface area contributed by atoms with E-state index in [9.17, 15) is 4.79 Å². The van der Waals surface area contributed by atoms with Gasteiger partial charge in [-0.05, 0) is 17.9 Å². The van der Waals surface area contributed by atoms with Crippen molar-refractivity contribution in [3.63, 3.8) is 0 Å². The first kappa shape index (κ1) is 11.2. The van der Waals surface area contributed by atoms with E-state index in [0.29, 0.717) is 6.42 Å². The van der Waals surface area contributed by atoms with Gasteiger partial charge in [0.25, 0.3) is 0 Å². The monoisotopic (exact) mass is 255 g/mol. The van der Waals surface area contributed by atoms with Gasteiger partial charge in [0.05, 0.1) is 0 Å². The van der Waals surface area contributed by atoms with Crippen LogP contribution in [-0.2, 0) is 4.79 Å². The Morgan fingerprint density at radius 2 is 2.00 bits per heavy atom.